The average Bonchev–Trinajstić information content (AvgIpc) is 3.27. The Morgan fingerprint density at radius 1 is 0.837 bits per heavy atom. The third-order valence-electron chi connectivity index (χ3n) is 6.96. The van der Waals surface area contributed by atoms with Gasteiger partial charge in [0.1, 0.15) is 18.1 Å². The summed E-state index contributed by atoms with van der Waals surface area (Å²) in [4.78, 5) is 36.2. The minimum atomic E-state index is -0.694. The summed E-state index contributed by atoms with van der Waals surface area (Å²) < 4.78 is 18.6. The molecule has 5 rings (SSSR count). The van der Waals surface area contributed by atoms with Crippen LogP contribution in [0.25, 0.3) is 11.1 Å². The lowest BCUT2D eigenvalue weighted by Crippen LogP contribution is -2.26. The van der Waals surface area contributed by atoms with Crippen molar-refractivity contribution >= 4 is 5.91 Å². The van der Waals surface area contributed by atoms with Gasteiger partial charge >= 0.3 is 11.4 Å². The molecule has 0 unspecified atom stereocenters. The summed E-state index contributed by atoms with van der Waals surface area (Å²) >= 11 is 0. The van der Waals surface area contributed by atoms with E-state index in [0.29, 0.717) is 37.5 Å². The summed E-state index contributed by atoms with van der Waals surface area (Å²) in [6, 6.07) is 30.7. The fourth-order valence-corrected chi connectivity index (χ4v) is 4.60. The second kappa shape index (κ2) is 13.6. The summed E-state index contributed by atoms with van der Waals surface area (Å²) in [5.41, 5.74) is 5.00. The van der Waals surface area contributed by atoms with E-state index in [1.807, 2.05) is 97.9 Å². The molecule has 1 heterocycles. The van der Waals surface area contributed by atoms with Crippen LogP contribution in [0.5, 0.6) is 11.5 Å². The van der Waals surface area contributed by atoms with Crippen LogP contribution in [0.15, 0.2) is 111 Å². The number of aryl methyl sites for hydroxylation is 1. The highest BCUT2D eigenvalue weighted by Gasteiger charge is 2.11. The SMILES string of the molecule is Cc1cc(C(=O)NCCCOc2ccccc2)ccc1-c1cccc(COc2ccc(Cn3oc(=O)n(C)c3=O)cc2)c1. The van der Waals surface area contributed by atoms with Crippen molar-refractivity contribution in [3.05, 3.63) is 140 Å². The smallest absolute Gasteiger partial charge is 0.442 e. The molecule has 0 bridgehead atoms. The van der Waals surface area contributed by atoms with E-state index in [1.165, 1.54) is 7.05 Å². The second-order valence-corrected chi connectivity index (χ2v) is 10.2. The quantitative estimate of drug-likeness (QED) is 0.210. The number of hydrogen-bond donors (Lipinski definition) is 1. The standard InChI is InChI=1S/C34H33N3O6/c1-24-20-28(32(38)35-18-7-19-41-29-10-4-3-5-11-29)14-17-31(24)27-9-6-8-26(21-27)23-42-30-15-12-25(13-16-30)22-37-33(39)36(2)34(40)43-37/h3-6,8-17,20-21H,7,18-19,22-23H2,1-2H3,(H,35,38). The molecule has 1 aromatic heterocycles. The van der Waals surface area contributed by atoms with Crippen molar-refractivity contribution in [2.45, 2.75) is 26.5 Å². The van der Waals surface area contributed by atoms with E-state index >= 15 is 0 Å². The lowest BCUT2D eigenvalue weighted by atomic mass is 9.97. The molecule has 0 saturated heterocycles. The summed E-state index contributed by atoms with van der Waals surface area (Å²) in [7, 11) is 1.37. The number of benzene rings is 4. The summed E-state index contributed by atoms with van der Waals surface area (Å²) in [6.07, 6.45) is 0.714. The maximum atomic E-state index is 12.7. The maximum Gasteiger partial charge on any atom is 0.442 e. The molecule has 0 aliphatic rings. The van der Waals surface area contributed by atoms with Gasteiger partial charge in [-0.1, -0.05) is 54.6 Å². The Kier molecular flexibility index (Phi) is 9.21. The maximum absolute atomic E-state index is 12.7. The van der Waals surface area contributed by atoms with Gasteiger partial charge in [0, 0.05) is 19.2 Å². The zero-order valence-electron chi connectivity index (χ0n) is 24.1. The molecule has 0 saturated carbocycles. The van der Waals surface area contributed by atoms with Crippen molar-refractivity contribution in [2.24, 2.45) is 7.05 Å². The van der Waals surface area contributed by atoms with Crippen molar-refractivity contribution in [1.82, 2.24) is 14.6 Å². The van der Waals surface area contributed by atoms with Gasteiger partial charge in [0.05, 0.1) is 13.2 Å². The molecule has 4 aromatic carbocycles. The van der Waals surface area contributed by atoms with Gasteiger partial charge in [0.2, 0.25) is 0 Å². The Hall–Kier alpha value is -5.31. The molecule has 0 spiro atoms. The molecule has 220 valence electrons. The van der Waals surface area contributed by atoms with Crippen LogP contribution in [-0.2, 0) is 20.2 Å². The van der Waals surface area contributed by atoms with E-state index in [0.717, 1.165) is 42.9 Å². The third-order valence-corrected chi connectivity index (χ3v) is 6.96. The normalized spacial score (nSPS) is 10.8. The number of nitrogens with one attached hydrogen (secondary N) is 1. The first kappa shape index (κ1) is 29.2. The molecule has 1 amide bonds. The van der Waals surface area contributed by atoms with Crippen LogP contribution in [0, 0.1) is 6.92 Å². The van der Waals surface area contributed by atoms with Gasteiger partial charge in [-0.25, -0.2) is 14.2 Å². The molecular formula is C34H33N3O6. The van der Waals surface area contributed by atoms with Gasteiger partial charge in [-0.2, -0.15) is 0 Å². The minimum Gasteiger partial charge on any atom is -0.494 e. The second-order valence-electron chi connectivity index (χ2n) is 10.2. The van der Waals surface area contributed by atoms with Crippen LogP contribution in [0.2, 0.25) is 0 Å². The number of aromatic nitrogens is 2. The molecule has 0 aliphatic heterocycles. The molecule has 0 atom stereocenters. The molecule has 0 radical (unpaired) electrons. The van der Waals surface area contributed by atoms with E-state index in [2.05, 4.69) is 11.4 Å². The highest BCUT2D eigenvalue weighted by molar-refractivity contribution is 5.95. The Bertz CT molecular complexity index is 1800. The first-order valence-electron chi connectivity index (χ1n) is 14.0. The van der Waals surface area contributed by atoms with Crippen molar-refractivity contribution in [2.75, 3.05) is 13.2 Å². The third kappa shape index (κ3) is 7.51. The fraction of sp³-hybridized carbons (Fsp3) is 0.206. The van der Waals surface area contributed by atoms with Gasteiger partial charge < -0.3 is 19.3 Å². The molecule has 0 aliphatic carbocycles. The molecule has 9 heteroatoms. The molecule has 43 heavy (non-hydrogen) atoms. The monoisotopic (exact) mass is 579 g/mol. The zero-order valence-corrected chi connectivity index (χ0v) is 24.1. The van der Waals surface area contributed by atoms with E-state index in [1.54, 1.807) is 0 Å². The number of rotatable bonds is 12. The Morgan fingerprint density at radius 3 is 2.33 bits per heavy atom. The average molecular weight is 580 g/mol. The van der Waals surface area contributed by atoms with Crippen LogP contribution < -0.4 is 26.2 Å². The van der Waals surface area contributed by atoms with E-state index < -0.39 is 11.4 Å². The highest BCUT2D eigenvalue weighted by atomic mass is 16.5. The van der Waals surface area contributed by atoms with E-state index in [-0.39, 0.29) is 12.5 Å². The van der Waals surface area contributed by atoms with Crippen molar-refractivity contribution in [1.29, 1.82) is 0 Å². The number of carbonyl (C=O) groups excluding carboxylic acids is 1. The van der Waals surface area contributed by atoms with Gasteiger partial charge in [0.25, 0.3) is 5.91 Å². The number of para-hydroxylation sites is 1. The molecule has 1 N–H and O–H groups in total. The minimum absolute atomic E-state index is 0.108. The van der Waals surface area contributed by atoms with Gasteiger partial charge in [-0.3, -0.25) is 4.79 Å². The molecule has 0 fully saturated rings. The van der Waals surface area contributed by atoms with E-state index in [4.69, 9.17) is 14.0 Å². The lowest BCUT2D eigenvalue weighted by molar-refractivity contribution is 0.0951. The van der Waals surface area contributed by atoms with Crippen LogP contribution in [0.4, 0.5) is 0 Å². The first-order chi connectivity index (χ1) is 20.9. The fourth-order valence-electron chi connectivity index (χ4n) is 4.60. The largest absolute Gasteiger partial charge is 0.494 e. The van der Waals surface area contributed by atoms with Crippen LogP contribution in [0.3, 0.4) is 0 Å². The predicted octanol–water partition coefficient (Wildman–Crippen LogP) is 4.94. The van der Waals surface area contributed by atoms with Crippen molar-refractivity contribution in [3.8, 4) is 22.6 Å². The number of carbonyl (C=O) groups is 1. The van der Waals surface area contributed by atoms with Crippen molar-refractivity contribution in [3.63, 3.8) is 0 Å². The first-order valence-corrected chi connectivity index (χ1v) is 14.0. The van der Waals surface area contributed by atoms with Gasteiger partial charge in [-0.15, -0.1) is 4.74 Å². The lowest BCUT2D eigenvalue weighted by Gasteiger charge is -2.12. The number of nitrogens with zero attached hydrogens (tertiary/aromatic N) is 2. The molecule has 9 nitrogen and oxygen atoms in total. The van der Waals surface area contributed by atoms with Gasteiger partial charge in [0.15, 0.2) is 0 Å². The highest BCUT2D eigenvalue weighted by Crippen LogP contribution is 2.26. The number of ether oxygens (including phenoxy) is 2. The number of amides is 1. The summed E-state index contributed by atoms with van der Waals surface area (Å²) in [6.45, 7) is 3.58. The van der Waals surface area contributed by atoms with Crippen molar-refractivity contribution < 1.29 is 18.8 Å². The Balaban J connectivity index is 1.13. The molecular weight excluding hydrogens is 546 g/mol. The Morgan fingerprint density at radius 2 is 1.60 bits per heavy atom. The van der Waals surface area contributed by atoms with Crippen LogP contribution in [-0.4, -0.2) is 28.4 Å². The van der Waals surface area contributed by atoms with Crippen LogP contribution in [0.1, 0.15) is 33.5 Å². The number of hydrogen-bond acceptors (Lipinski definition) is 6. The van der Waals surface area contributed by atoms with Crippen LogP contribution >= 0.6 is 0 Å². The van der Waals surface area contributed by atoms with E-state index in [9.17, 15) is 14.4 Å². The summed E-state index contributed by atoms with van der Waals surface area (Å²) in [5, 5.41) is 2.97. The van der Waals surface area contributed by atoms with Gasteiger partial charge in [-0.05, 0) is 83.6 Å². The predicted molar refractivity (Wildman–Crippen MR) is 164 cm³/mol. The topological polar surface area (TPSA) is 105 Å². The Labute approximate surface area is 248 Å². The zero-order chi connectivity index (χ0) is 30.2. The molecule has 5 aromatic rings. The summed E-state index contributed by atoms with van der Waals surface area (Å²) in [5.74, 6) is 0.694.